The zero-order chi connectivity index (χ0) is 10.1. The van der Waals surface area contributed by atoms with Crippen LogP contribution < -0.4 is 0 Å². The third-order valence-electron chi connectivity index (χ3n) is 2.75. The van der Waals surface area contributed by atoms with Gasteiger partial charge in [-0.05, 0) is 36.0 Å². The van der Waals surface area contributed by atoms with E-state index in [2.05, 4.69) is 27.7 Å². The number of hydrogen-bond acceptors (Lipinski definition) is 1. The maximum absolute atomic E-state index is 9.50. The van der Waals surface area contributed by atoms with Crippen LogP contribution in [0, 0.1) is 6.92 Å². The molecular weight excluding hydrogens is 160 g/mol. The molecule has 71 valence electrons. The van der Waals surface area contributed by atoms with Crippen molar-refractivity contribution in [2.24, 2.45) is 0 Å². The molecule has 1 aromatic carbocycles. The molecule has 0 aliphatic carbocycles. The summed E-state index contributed by atoms with van der Waals surface area (Å²) in [6.07, 6.45) is 1.06. The molecule has 0 amide bonds. The van der Waals surface area contributed by atoms with Crippen molar-refractivity contribution in [2.75, 3.05) is 0 Å². The number of benzene rings is 1. The highest BCUT2D eigenvalue weighted by molar-refractivity contribution is 5.40. The van der Waals surface area contributed by atoms with Gasteiger partial charge in [0.15, 0.2) is 0 Å². The smallest absolute Gasteiger partial charge is 0.119 e. The normalized spacial score (nSPS) is 11.7. The highest BCUT2D eigenvalue weighted by Gasteiger charge is 2.18. The molecule has 0 fully saturated rings. The first-order valence-corrected chi connectivity index (χ1v) is 4.63. The fourth-order valence-electron chi connectivity index (χ4n) is 1.19. The van der Waals surface area contributed by atoms with Crippen LogP contribution in [0.2, 0.25) is 0 Å². The summed E-state index contributed by atoms with van der Waals surface area (Å²) < 4.78 is 0. The Morgan fingerprint density at radius 3 is 2.46 bits per heavy atom. The average Bonchev–Trinajstić information content (AvgIpc) is 2.09. The minimum Gasteiger partial charge on any atom is -0.508 e. The monoisotopic (exact) mass is 177 g/mol. The molecule has 1 N–H and O–H groups in total. The minimum absolute atomic E-state index is 0.130. The van der Waals surface area contributed by atoms with Gasteiger partial charge in [0.2, 0.25) is 0 Å². The van der Waals surface area contributed by atoms with Crippen LogP contribution >= 0.6 is 0 Å². The van der Waals surface area contributed by atoms with E-state index in [-0.39, 0.29) is 5.41 Å². The van der Waals surface area contributed by atoms with Crippen LogP contribution in [-0.2, 0) is 5.41 Å². The van der Waals surface area contributed by atoms with Gasteiger partial charge in [0.1, 0.15) is 5.75 Å². The standard InChI is InChI=1S/C12H17O/c1-5-12(3,4)10-7-6-9(2)11(13)8-10/h6-8,13H,2,5H2,1,3-4H3. The first-order chi connectivity index (χ1) is 5.97. The van der Waals surface area contributed by atoms with Crippen LogP contribution in [0.3, 0.4) is 0 Å². The lowest BCUT2D eigenvalue weighted by molar-refractivity contribution is 0.462. The third kappa shape index (κ3) is 2.03. The van der Waals surface area contributed by atoms with E-state index in [0.717, 1.165) is 6.42 Å². The predicted molar refractivity (Wildman–Crippen MR) is 55.9 cm³/mol. The van der Waals surface area contributed by atoms with E-state index in [9.17, 15) is 5.11 Å². The van der Waals surface area contributed by atoms with Gasteiger partial charge in [-0.25, -0.2) is 0 Å². The maximum atomic E-state index is 9.50. The van der Waals surface area contributed by atoms with E-state index in [1.807, 2.05) is 18.2 Å². The minimum atomic E-state index is 0.130. The van der Waals surface area contributed by atoms with Gasteiger partial charge in [-0.3, -0.25) is 0 Å². The van der Waals surface area contributed by atoms with Crippen molar-refractivity contribution < 1.29 is 5.11 Å². The van der Waals surface area contributed by atoms with Gasteiger partial charge in [-0.15, -0.1) is 0 Å². The van der Waals surface area contributed by atoms with Crippen molar-refractivity contribution in [1.82, 2.24) is 0 Å². The van der Waals surface area contributed by atoms with Crippen LogP contribution in [0.4, 0.5) is 0 Å². The van der Waals surface area contributed by atoms with Crippen molar-refractivity contribution in [2.45, 2.75) is 32.6 Å². The molecule has 0 aliphatic heterocycles. The molecule has 0 saturated heterocycles. The van der Waals surface area contributed by atoms with Crippen LogP contribution in [-0.4, -0.2) is 5.11 Å². The molecule has 0 spiro atoms. The Kier molecular flexibility index (Phi) is 2.65. The Bertz CT molecular complexity index is 300. The number of aromatic hydroxyl groups is 1. The number of hydrogen-bond donors (Lipinski definition) is 1. The molecule has 0 unspecified atom stereocenters. The predicted octanol–water partition coefficient (Wildman–Crippen LogP) is 3.26. The molecule has 1 aromatic rings. The summed E-state index contributed by atoms with van der Waals surface area (Å²) in [6, 6.07) is 5.71. The lowest BCUT2D eigenvalue weighted by Crippen LogP contribution is -2.15. The first-order valence-electron chi connectivity index (χ1n) is 4.63. The van der Waals surface area contributed by atoms with Gasteiger partial charge in [0.25, 0.3) is 0 Å². The van der Waals surface area contributed by atoms with Crippen molar-refractivity contribution >= 4 is 0 Å². The van der Waals surface area contributed by atoms with Crippen LogP contribution in [0.25, 0.3) is 0 Å². The molecule has 0 saturated carbocycles. The fourth-order valence-corrected chi connectivity index (χ4v) is 1.19. The summed E-state index contributed by atoms with van der Waals surface area (Å²) in [4.78, 5) is 0. The van der Waals surface area contributed by atoms with E-state index >= 15 is 0 Å². The zero-order valence-electron chi connectivity index (χ0n) is 8.59. The Labute approximate surface area is 80.4 Å². The summed E-state index contributed by atoms with van der Waals surface area (Å²) in [5.41, 5.74) is 1.99. The van der Waals surface area contributed by atoms with E-state index in [0.29, 0.717) is 11.3 Å². The van der Waals surface area contributed by atoms with Crippen molar-refractivity contribution in [3.8, 4) is 5.75 Å². The Morgan fingerprint density at radius 2 is 2.00 bits per heavy atom. The van der Waals surface area contributed by atoms with Gasteiger partial charge < -0.3 is 5.11 Å². The number of phenolic OH excluding ortho intramolecular Hbond substituents is 1. The van der Waals surface area contributed by atoms with E-state index in [1.54, 1.807) is 0 Å². The van der Waals surface area contributed by atoms with Crippen LogP contribution in [0.1, 0.15) is 38.3 Å². The van der Waals surface area contributed by atoms with E-state index in [1.165, 1.54) is 5.56 Å². The summed E-state index contributed by atoms with van der Waals surface area (Å²) >= 11 is 0. The number of phenols is 1. The third-order valence-corrected chi connectivity index (χ3v) is 2.75. The van der Waals surface area contributed by atoms with E-state index in [4.69, 9.17) is 0 Å². The molecule has 1 nitrogen and oxygen atoms in total. The molecule has 0 heterocycles. The Hall–Kier alpha value is -0.980. The summed E-state index contributed by atoms with van der Waals surface area (Å²) in [6.45, 7) is 10.2. The quantitative estimate of drug-likeness (QED) is 0.735. The van der Waals surface area contributed by atoms with E-state index < -0.39 is 0 Å². The lowest BCUT2D eigenvalue weighted by atomic mass is 9.82. The Balaban J connectivity index is 3.10. The second kappa shape index (κ2) is 3.41. The van der Waals surface area contributed by atoms with Crippen molar-refractivity contribution in [3.05, 3.63) is 36.2 Å². The zero-order valence-corrected chi connectivity index (χ0v) is 8.59. The van der Waals surface area contributed by atoms with Crippen LogP contribution in [0.5, 0.6) is 5.75 Å². The topological polar surface area (TPSA) is 20.2 Å². The molecule has 0 atom stereocenters. The van der Waals surface area contributed by atoms with Gasteiger partial charge in [-0.2, -0.15) is 0 Å². The summed E-state index contributed by atoms with van der Waals surface area (Å²) in [7, 11) is 0. The number of rotatable bonds is 2. The fraction of sp³-hybridized carbons (Fsp3) is 0.417. The molecule has 0 aliphatic rings. The largest absolute Gasteiger partial charge is 0.508 e. The summed E-state index contributed by atoms with van der Waals surface area (Å²) in [5, 5.41) is 9.50. The van der Waals surface area contributed by atoms with Gasteiger partial charge in [0, 0.05) is 0 Å². The Morgan fingerprint density at radius 1 is 1.38 bits per heavy atom. The lowest BCUT2D eigenvalue weighted by Gasteiger charge is -2.23. The van der Waals surface area contributed by atoms with Crippen molar-refractivity contribution in [1.29, 1.82) is 0 Å². The second-order valence-electron chi connectivity index (χ2n) is 4.08. The van der Waals surface area contributed by atoms with Crippen LogP contribution in [0.15, 0.2) is 18.2 Å². The molecule has 13 heavy (non-hydrogen) atoms. The molecule has 1 radical (unpaired) electrons. The molecule has 1 heteroatoms. The van der Waals surface area contributed by atoms with Gasteiger partial charge >= 0.3 is 0 Å². The first kappa shape index (κ1) is 10.1. The maximum Gasteiger partial charge on any atom is 0.119 e. The average molecular weight is 177 g/mol. The highest BCUT2D eigenvalue weighted by Crippen LogP contribution is 2.30. The molecule has 0 bridgehead atoms. The molecular formula is C12H17O. The van der Waals surface area contributed by atoms with Gasteiger partial charge in [-0.1, -0.05) is 32.9 Å². The van der Waals surface area contributed by atoms with Gasteiger partial charge in [0.05, 0.1) is 0 Å². The molecule has 1 rings (SSSR count). The SMILES string of the molecule is [CH2]c1ccc(C(C)(C)CC)cc1O. The second-order valence-corrected chi connectivity index (χ2v) is 4.08. The molecule has 0 aromatic heterocycles. The van der Waals surface area contributed by atoms with Crippen molar-refractivity contribution in [3.63, 3.8) is 0 Å². The highest BCUT2D eigenvalue weighted by atomic mass is 16.3. The summed E-state index contributed by atoms with van der Waals surface area (Å²) in [5.74, 6) is 0.291.